The van der Waals surface area contributed by atoms with Gasteiger partial charge in [-0.15, -0.1) is 0 Å². The topological polar surface area (TPSA) is 103 Å². The SMILES string of the molecule is CC(C)(C)NCCN1CCN(C(=O)/N=C/N=CN)CC1=O. The summed E-state index contributed by atoms with van der Waals surface area (Å²) < 4.78 is 0. The number of amides is 3. The van der Waals surface area contributed by atoms with E-state index in [-0.39, 0.29) is 18.0 Å². The summed E-state index contributed by atoms with van der Waals surface area (Å²) in [6.07, 6.45) is 2.12. The highest BCUT2D eigenvalue weighted by Crippen LogP contribution is 2.05. The van der Waals surface area contributed by atoms with E-state index in [4.69, 9.17) is 5.73 Å². The molecular weight excluding hydrogens is 272 g/mol. The van der Waals surface area contributed by atoms with Crippen LogP contribution in [0.2, 0.25) is 0 Å². The molecule has 0 spiro atoms. The number of piperazine rings is 1. The lowest BCUT2D eigenvalue weighted by Crippen LogP contribution is -2.53. The minimum atomic E-state index is -0.471. The second-order valence-electron chi connectivity index (χ2n) is 5.80. The molecule has 0 aromatic heterocycles. The monoisotopic (exact) mass is 296 g/mol. The molecule has 0 saturated carbocycles. The first-order valence-electron chi connectivity index (χ1n) is 6.91. The predicted octanol–water partition coefficient (Wildman–Crippen LogP) is -0.346. The Morgan fingerprint density at radius 2 is 2.14 bits per heavy atom. The number of carbonyl (C=O) groups excluding carboxylic acids is 2. The first-order chi connectivity index (χ1) is 9.83. The quantitative estimate of drug-likeness (QED) is 0.547. The van der Waals surface area contributed by atoms with Crippen molar-refractivity contribution in [2.75, 3.05) is 32.7 Å². The van der Waals surface area contributed by atoms with Crippen LogP contribution in [-0.4, -0.2) is 72.7 Å². The second-order valence-corrected chi connectivity index (χ2v) is 5.80. The molecule has 1 aliphatic heterocycles. The van der Waals surface area contributed by atoms with Gasteiger partial charge in [0.05, 0.1) is 6.34 Å². The summed E-state index contributed by atoms with van der Waals surface area (Å²) in [5.74, 6) is -0.0668. The van der Waals surface area contributed by atoms with Crippen LogP contribution in [0.3, 0.4) is 0 Å². The number of carbonyl (C=O) groups is 2. The smallest absolute Gasteiger partial charge is 0.345 e. The van der Waals surface area contributed by atoms with Gasteiger partial charge in [-0.05, 0) is 20.8 Å². The van der Waals surface area contributed by atoms with Crippen molar-refractivity contribution in [2.24, 2.45) is 15.7 Å². The van der Waals surface area contributed by atoms with Gasteiger partial charge in [0.25, 0.3) is 0 Å². The third-order valence-corrected chi connectivity index (χ3v) is 2.95. The number of rotatable bonds is 4. The lowest BCUT2D eigenvalue weighted by atomic mass is 10.1. The molecule has 1 rings (SSSR count). The van der Waals surface area contributed by atoms with Crippen molar-refractivity contribution < 1.29 is 9.59 Å². The molecule has 0 aromatic rings. The molecule has 1 fully saturated rings. The zero-order valence-electron chi connectivity index (χ0n) is 12.9. The van der Waals surface area contributed by atoms with Gasteiger partial charge < -0.3 is 20.9 Å². The molecule has 3 amide bonds. The fourth-order valence-corrected chi connectivity index (χ4v) is 1.88. The highest BCUT2D eigenvalue weighted by molar-refractivity contribution is 5.89. The number of urea groups is 1. The first kappa shape index (κ1) is 17.1. The highest BCUT2D eigenvalue weighted by atomic mass is 16.2. The molecule has 3 N–H and O–H groups in total. The first-order valence-corrected chi connectivity index (χ1v) is 6.91. The molecule has 1 saturated heterocycles. The van der Waals surface area contributed by atoms with E-state index in [0.717, 1.165) is 19.2 Å². The van der Waals surface area contributed by atoms with Gasteiger partial charge in [0.1, 0.15) is 12.9 Å². The molecule has 21 heavy (non-hydrogen) atoms. The van der Waals surface area contributed by atoms with Crippen LogP contribution in [0.15, 0.2) is 9.98 Å². The number of nitrogens with two attached hydrogens (primary N) is 1. The Kier molecular flexibility index (Phi) is 6.29. The number of nitrogens with zero attached hydrogens (tertiary/aromatic N) is 4. The van der Waals surface area contributed by atoms with Crippen LogP contribution in [0.5, 0.6) is 0 Å². The second kappa shape index (κ2) is 7.72. The molecule has 0 radical (unpaired) electrons. The average Bonchev–Trinajstić information content (AvgIpc) is 2.39. The Morgan fingerprint density at radius 1 is 1.43 bits per heavy atom. The molecule has 8 heteroatoms. The summed E-state index contributed by atoms with van der Waals surface area (Å²) in [6, 6.07) is -0.471. The fourth-order valence-electron chi connectivity index (χ4n) is 1.88. The van der Waals surface area contributed by atoms with Gasteiger partial charge in [-0.3, -0.25) is 4.79 Å². The van der Waals surface area contributed by atoms with Crippen LogP contribution >= 0.6 is 0 Å². The summed E-state index contributed by atoms with van der Waals surface area (Å²) in [5.41, 5.74) is 5.06. The molecule has 0 unspecified atom stereocenters. The van der Waals surface area contributed by atoms with E-state index in [0.29, 0.717) is 19.6 Å². The Labute approximate surface area is 125 Å². The fraction of sp³-hybridized carbons (Fsp3) is 0.692. The number of hydrogen-bond donors (Lipinski definition) is 2. The van der Waals surface area contributed by atoms with Gasteiger partial charge >= 0.3 is 6.03 Å². The molecule has 0 aliphatic carbocycles. The van der Waals surface area contributed by atoms with Crippen LogP contribution in [0, 0.1) is 0 Å². The Morgan fingerprint density at radius 3 is 2.71 bits per heavy atom. The minimum absolute atomic E-state index is 0.0268. The maximum absolute atomic E-state index is 12.0. The van der Waals surface area contributed by atoms with Crippen LogP contribution < -0.4 is 11.1 Å². The Hall–Kier alpha value is -1.96. The average molecular weight is 296 g/mol. The zero-order chi connectivity index (χ0) is 15.9. The summed E-state index contributed by atoms with van der Waals surface area (Å²) in [5, 5.41) is 3.33. The van der Waals surface area contributed by atoms with Crippen molar-refractivity contribution in [3.05, 3.63) is 0 Å². The number of nitrogens with one attached hydrogen (secondary N) is 1. The lowest BCUT2D eigenvalue weighted by molar-refractivity contribution is -0.134. The van der Waals surface area contributed by atoms with E-state index >= 15 is 0 Å². The van der Waals surface area contributed by atoms with Crippen molar-refractivity contribution in [1.82, 2.24) is 15.1 Å². The van der Waals surface area contributed by atoms with Crippen LogP contribution in [0.1, 0.15) is 20.8 Å². The minimum Gasteiger partial charge on any atom is -0.390 e. The third kappa shape index (κ3) is 6.35. The van der Waals surface area contributed by atoms with E-state index in [2.05, 4.69) is 36.1 Å². The molecule has 0 aromatic carbocycles. The third-order valence-electron chi connectivity index (χ3n) is 2.95. The molecule has 8 nitrogen and oxygen atoms in total. The van der Waals surface area contributed by atoms with Crippen LogP contribution in [0.4, 0.5) is 4.79 Å². The van der Waals surface area contributed by atoms with Crippen LogP contribution in [0.25, 0.3) is 0 Å². The van der Waals surface area contributed by atoms with Crippen LogP contribution in [-0.2, 0) is 4.79 Å². The molecule has 0 bridgehead atoms. The largest absolute Gasteiger partial charge is 0.390 e. The van der Waals surface area contributed by atoms with E-state index in [1.54, 1.807) is 4.90 Å². The highest BCUT2D eigenvalue weighted by Gasteiger charge is 2.26. The van der Waals surface area contributed by atoms with Gasteiger partial charge in [-0.2, -0.15) is 4.99 Å². The molecule has 118 valence electrons. The summed E-state index contributed by atoms with van der Waals surface area (Å²) in [4.78, 5) is 34.0. The van der Waals surface area contributed by atoms with Crippen molar-refractivity contribution in [1.29, 1.82) is 0 Å². The number of aliphatic imine (C=N–C) groups is 2. The van der Waals surface area contributed by atoms with Gasteiger partial charge in [0.15, 0.2) is 0 Å². The van der Waals surface area contributed by atoms with E-state index < -0.39 is 6.03 Å². The Bertz CT molecular complexity index is 427. The predicted molar refractivity (Wildman–Crippen MR) is 82.5 cm³/mol. The Balaban J connectivity index is 2.40. The standard InChI is InChI=1S/C13H24N6O2/c1-13(2,3)17-4-5-18-6-7-19(8-11(18)20)12(21)16-10-15-9-14/h9-10,17H,4-8H2,1-3H3,(H2,14,15,16,21). The molecular formula is C13H24N6O2. The summed E-state index contributed by atoms with van der Waals surface area (Å²) in [6.45, 7) is 8.65. The molecule has 0 atom stereocenters. The normalized spacial score (nSPS) is 17.2. The summed E-state index contributed by atoms with van der Waals surface area (Å²) in [7, 11) is 0. The van der Waals surface area contributed by atoms with Crippen molar-refractivity contribution in [2.45, 2.75) is 26.3 Å². The van der Waals surface area contributed by atoms with Crippen molar-refractivity contribution in [3.63, 3.8) is 0 Å². The van der Waals surface area contributed by atoms with Crippen molar-refractivity contribution in [3.8, 4) is 0 Å². The maximum atomic E-state index is 12.0. The number of hydrogen-bond acceptors (Lipinski definition) is 3. The van der Waals surface area contributed by atoms with Gasteiger partial charge in [0, 0.05) is 31.7 Å². The summed E-state index contributed by atoms with van der Waals surface area (Å²) >= 11 is 0. The van der Waals surface area contributed by atoms with Gasteiger partial charge in [-0.1, -0.05) is 0 Å². The van der Waals surface area contributed by atoms with Crippen molar-refractivity contribution >= 4 is 24.6 Å². The zero-order valence-corrected chi connectivity index (χ0v) is 12.9. The van der Waals surface area contributed by atoms with Gasteiger partial charge in [0.2, 0.25) is 5.91 Å². The maximum Gasteiger partial charge on any atom is 0.345 e. The lowest BCUT2D eigenvalue weighted by Gasteiger charge is -2.34. The van der Waals surface area contributed by atoms with E-state index in [1.165, 1.54) is 4.90 Å². The van der Waals surface area contributed by atoms with E-state index in [9.17, 15) is 9.59 Å². The molecule has 1 heterocycles. The van der Waals surface area contributed by atoms with Gasteiger partial charge in [-0.25, -0.2) is 9.79 Å². The van der Waals surface area contributed by atoms with E-state index in [1.807, 2.05) is 0 Å². The molecule has 1 aliphatic rings.